The van der Waals surface area contributed by atoms with Crippen LogP contribution in [0.2, 0.25) is 0 Å². The van der Waals surface area contributed by atoms with E-state index >= 15 is 0 Å². The number of aryl methyl sites for hydroxylation is 2. The summed E-state index contributed by atoms with van der Waals surface area (Å²) in [6.07, 6.45) is 0.228. The largest absolute Gasteiger partial charge is 0.481 e. The highest BCUT2D eigenvalue weighted by Crippen LogP contribution is 2.15. The van der Waals surface area contributed by atoms with Gasteiger partial charge in [-0.25, -0.2) is 0 Å². The van der Waals surface area contributed by atoms with Gasteiger partial charge in [0.2, 0.25) is 0 Å². The standard InChI is InChI=1S/C14H18O3/c1-9-4-5-10(2)12(6-9)8-13(15)11(3)7-14(16)17/h4-6,11H,7-8H2,1-3H3,(H,16,17). The maximum Gasteiger partial charge on any atom is 0.304 e. The Morgan fingerprint density at radius 1 is 1.29 bits per heavy atom. The average Bonchev–Trinajstić information content (AvgIpc) is 2.22. The number of hydrogen-bond acceptors (Lipinski definition) is 2. The third-order valence-electron chi connectivity index (χ3n) is 2.90. The van der Waals surface area contributed by atoms with Crippen molar-refractivity contribution in [2.45, 2.75) is 33.6 Å². The highest BCUT2D eigenvalue weighted by molar-refractivity contribution is 5.86. The number of benzene rings is 1. The summed E-state index contributed by atoms with van der Waals surface area (Å²) >= 11 is 0. The van der Waals surface area contributed by atoms with Crippen molar-refractivity contribution in [3.8, 4) is 0 Å². The van der Waals surface area contributed by atoms with E-state index in [1.54, 1.807) is 6.92 Å². The summed E-state index contributed by atoms with van der Waals surface area (Å²) < 4.78 is 0. The SMILES string of the molecule is Cc1ccc(C)c(CC(=O)C(C)CC(=O)O)c1. The number of hydrogen-bond donors (Lipinski definition) is 1. The first-order chi connectivity index (χ1) is 7.90. The lowest BCUT2D eigenvalue weighted by Crippen LogP contribution is -2.17. The van der Waals surface area contributed by atoms with Crippen LogP contribution in [0.1, 0.15) is 30.0 Å². The predicted molar refractivity (Wildman–Crippen MR) is 66.0 cm³/mol. The average molecular weight is 234 g/mol. The van der Waals surface area contributed by atoms with Gasteiger partial charge in [-0.1, -0.05) is 30.7 Å². The number of carbonyl (C=O) groups excluding carboxylic acids is 1. The molecule has 0 aliphatic heterocycles. The quantitative estimate of drug-likeness (QED) is 0.851. The van der Waals surface area contributed by atoms with Gasteiger partial charge in [0.05, 0.1) is 6.42 Å². The second kappa shape index (κ2) is 5.62. The molecule has 1 aromatic rings. The molecule has 17 heavy (non-hydrogen) atoms. The third kappa shape index (κ3) is 4.02. The van der Waals surface area contributed by atoms with E-state index in [1.165, 1.54) is 0 Å². The van der Waals surface area contributed by atoms with Gasteiger partial charge in [-0.05, 0) is 25.0 Å². The van der Waals surface area contributed by atoms with Crippen molar-refractivity contribution in [2.24, 2.45) is 5.92 Å². The van der Waals surface area contributed by atoms with Crippen LogP contribution in [0.3, 0.4) is 0 Å². The zero-order valence-corrected chi connectivity index (χ0v) is 10.5. The molecule has 3 nitrogen and oxygen atoms in total. The Hall–Kier alpha value is -1.64. The molecule has 0 radical (unpaired) electrons. The maximum absolute atomic E-state index is 11.8. The molecule has 1 atom stereocenters. The monoisotopic (exact) mass is 234 g/mol. The molecular formula is C14H18O3. The molecule has 1 rings (SSSR count). The Morgan fingerprint density at radius 2 is 1.94 bits per heavy atom. The Balaban J connectivity index is 2.73. The van der Waals surface area contributed by atoms with E-state index in [9.17, 15) is 9.59 Å². The number of aliphatic carboxylic acids is 1. The summed E-state index contributed by atoms with van der Waals surface area (Å²) in [5, 5.41) is 8.65. The first kappa shape index (κ1) is 13.4. The summed E-state index contributed by atoms with van der Waals surface area (Å²) in [4.78, 5) is 22.4. The molecule has 0 saturated heterocycles. The van der Waals surface area contributed by atoms with Crippen molar-refractivity contribution in [3.63, 3.8) is 0 Å². The molecule has 1 unspecified atom stereocenters. The van der Waals surface area contributed by atoms with E-state index < -0.39 is 11.9 Å². The summed E-state index contributed by atoms with van der Waals surface area (Å²) in [7, 11) is 0. The molecule has 1 N–H and O–H groups in total. The molecule has 1 aromatic carbocycles. The molecule has 0 spiro atoms. The van der Waals surface area contributed by atoms with Crippen molar-refractivity contribution in [1.29, 1.82) is 0 Å². The lowest BCUT2D eigenvalue weighted by molar-refractivity contribution is -0.140. The van der Waals surface area contributed by atoms with E-state index in [0.29, 0.717) is 6.42 Å². The zero-order chi connectivity index (χ0) is 13.0. The van der Waals surface area contributed by atoms with Crippen molar-refractivity contribution in [1.82, 2.24) is 0 Å². The Kier molecular flexibility index (Phi) is 4.44. The minimum Gasteiger partial charge on any atom is -0.481 e. The summed E-state index contributed by atoms with van der Waals surface area (Å²) in [5.74, 6) is -1.36. The lowest BCUT2D eigenvalue weighted by Gasteiger charge is -2.10. The van der Waals surface area contributed by atoms with E-state index in [-0.39, 0.29) is 12.2 Å². The lowest BCUT2D eigenvalue weighted by atomic mass is 9.94. The molecule has 0 saturated carbocycles. The van der Waals surface area contributed by atoms with E-state index in [1.807, 2.05) is 32.0 Å². The Labute approximate surface area is 101 Å². The van der Waals surface area contributed by atoms with Gasteiger partial charge in [0.1, 0.15) is 5.78 Å². The van der Waals surface area contributed by atoms with Gasteiger partial charge in [-0.3, -0.25) is 9.59 Å². The predicted octanol–water partition coefficient (Wildman–Crippen LogP) is 2.53. The highest BCUT2D eigenvalue weighted by Gasteiger charge is 2.17. The molecule has 0 fully saturated rings. The zero-order valence-electron chi connectivity index (χ0n) is 10.5. The smallest absolute Gasteiger partial charge is 0.304 e. The topological polar surface area (TPSA) is 54.4 Å². The second-order valence-electron chi connectivity index (χ2n) is 4.57. The number of Topliss-reactive ketones (excluding diaryl/α,β-unsaturated/α-hetero) is 1. The van der Waals surface area contributed by atoms with Crippen LogP contribution in [0.4, 0.5) is 0 Å². The maximum atomic E-state index is 11.8. The molecule has 0 amide bonds. The van der Waals surface area contributed by atoms with Crippen LogP contribution in [-0.4, -0.2) is 16.9 Å². The minimum absolute atomic E-state index is 0.0129. The van der Waals surface area contributed by atoms with Crippen LogP contribution >= 0.6 is 0 Å². The van der Waals surface area contributed by atoms with Crippen LogP contribution in [-0.2, 0) is 16.0 Å². The fraction of sp³-hybridized carbons (Fsp3) is 0.429. The number of ketones is 1. The molecule has 92 valence electrons. The van der Waals surface area contributed by atoms with Gasteiger partial charge in [0, 0.05) is 12.3 Å². The molecule has 0 aromatic heterocycles. The molecule has 0 heterocycles. The van der Waals surface area contributed by atoms with Crippen LogP contribution in [0.5, 0.6) is 0 Å². The van der Waals surface area contributed by atoms with Crippen LogP contribution in [0.15, 0.2) is 18.2 Å². The van der Waals surface area contributed by atoms with Gasteiger partial charge in [-0.15, -0.1) is 0 Å². The van der Waals surface area contributed by atoms with Crippen molar-refractivity contribution >= 4 is 11.8 Å². The first-order valence-corrected chi connectivity index (χ1v) is 5.70. The minimum atomic E-state index is -0.924. The van der Waals surface area contributed by atoms with Gasteiger partial charge < -0.3 is 5.11 Å². The fourth-order valence-corrected chi connectivity index (χ4v) is 1.73. The number of carboxylic acid groups (broad SMARTS) is 1. The second-order valence-corrected chi connectivity index (χ2v) is 4.57. The van der Waals surface area contributed by atoms with Crippen LogP contribution in [0, 0.1) is 19.8 Å². The Bertz CT molecular complexity index is 435. The number of carbonyl (C=O) groups is 2. The van der Waals surface area contributed by atoms with E-state index in [0.717, 1.165) is 16.7 Å². The van der Waals surface area contributed by atoms with Gasteiger partial charge in [0.15, 0.2) is 0 Å². The van der Waals surface area contributed by atoms with Crippen LogP contribution in [0.25, 0.3) is 0 Å². The van der Waals surface area contributed by atoms with E-state index in [4.69, 9.17) is 5.11 Å². The van der Waals surface area contributed by atoms with Gasteiger partial charge in [0.25, 0.3) is 0 Å². The summed E-state index contributed by atoms with van der Waals surface area (Å²) in [6, 6.07) is 5.98. The summed E-state index contributed by atoms with van der Waals surface area (Å²) in [6.45, 7) is 5.61. The van der Waals surface area contributed by atoms with Crippen molar-refractivity contribution in [3.05, 3.63) is 34.9 Å². The normalized spacial score (nSPS) is 12.2. The molecular weight excluding hydrogens is 216 g/mol. The Morgan fingerprint density at radius 3 is 2.53 bits per heavy atom. The van der Waals surface area contributed by atoms with Gasteiger partial charge >= 0.3 is 5.97 Å². The first-order valence-electron chi connectivity index (χ1n) is 5.70. The molecule has 0 aliphatic carbocycles. The van der Waals surface area contributed by atoms with Crippen molar-refractivity contribution < 1.29 is 14.7 Å². The fourth-order valence-electron chi connectivity index (χ4n) is 1.73. The van der Waals surface area contributed by atoms with Crippen molar-refractivity contribution in [2.75, 3.05) is 0 Å². The summed E-state index contributed by atoms with van der Waals surface area (Å²) in [5.41, 5.74) is 3.18. The molecule has 3 heteroatoms. The van der Waals surface area contributed by atoms with Crippen LogP contribution < -0.4 is 0 Å². The number of rotatable bonds is 5. The number of carboxylic acids is 1. The molecule has 0 bridgehead atoms. The highest BCUT2D eigenvalue weighted by atomic mass is 16.4. The van der Waals surface area contributed by atoms with Gasteiger partial charge in [-0.2, -0.15) is 0 Å². The third-order valence-corrected chi connectivity index (χ3v) is 2.90. The molecule has 0 aliphatic rings. The van der Waals surface area contributed by atoms with E-state index in [2.05, 4.69) is 0 Å².